The standard InChI is InChI=1S/C28H24N2O4S/c1-33-28(32)25-13-12-22(34-25)18-35-26-17-30(24-9-5-4-8-23(24)26)15-14-29-27(31)21-11-10-19-6-2-3-7-20(19)16-21/h2-13,16-17H,14-15,18H2,1H3,(H,29,31). The molecule has 1 N–H and O–H groups in total. The van der Waals surface area contributed by atoms with Crippen LogP contribution in [0.15, 0.2) is 94.4 Å². The molecule has 6 nitrogen and oxygen atoms in total. The number of furan rings is 1. The lowest BCUT2D eigenvalue weighted by atomic mass is 10.1. The quantitative estimate of drug-likeness (QED) is 0.219. The number of nitrogens with one attached hydrogen (secondary N) is 1. The fraction of sp³-hybridized carbons (Fsp3) is 0.143. The summed E-state index contributed by atoms with van der Waals surface area (Å²) in [5.41, 5.74) is 1.76. The number of amides is 1. The minimum atomic E-state index is -0.483. The van der Waals surface area contributed by atoms with Crippen LogP contribution in [0.5, 0.6) is 0 Å². The van der Waals surface area contributed by atoms with Gasteiger partial charge >= 0.3 is 5.97 Å². The molecule has 7 heteroatoms. The zero-order valence-electron chi connectivity index (χ0n) is 19.2. The molecule has 0 fully saturated rings. The molecule has 176 valence electrons. The maximum absolute atomic E-state index is 12.7. The lowest BCUT2D eigenvalue weighted by Gasteiger charge is -2.08. The summed E-state index contributed by atoms with van der Waals surface area (Å²) < 4.78 is 12.4. The van der Waals surface area contributed by atoms with Crippen LogP contribution in [0.2, 0.25) is 0 Å². The van der Waals surface area contributed by atoms with Gasteiger partial charge in [-0.1, -0.05) is 48.5 Å². The van der Waals surface area contributed by atoms with Crippen LogP contribution in [-0.4, -0.2) is 30.1 Å². The number of carbonyl (C=O) groups is 2. The second-order valence-electron chi connectivity index (χ2n) is 8.07. The highest BCUT2D eigenvalue weighted by Crippen LogP contribution is 2.32. The van der Waals surface area contributed by atoms with E-state index in [2.05, 4.69) is 28.2 Å². The Morgan fingerprint density at radius 3 is 2.63 bits per heavy atom. The average Bonchev–Trinajstić information content (AvgIpc) is 3.52. The van der Waals surface area contributed by atoms with Crippen LogP contribution in [0.1, 0.15) is 26.7 Å². The van der Waals surface area contributed by atoms with Gasteiger partial charge in [-0.15, -0.1) is 11.8 Å². The molecule has 3 aromatic carbocycles. The second kappa shape index (κ2) is 10.1. The summed E-state index contributed by atoms with van der Waals surface area (Å²) in [6, 6.07) is 25.4. The normalized spacial score (nSPS) is 11.1. The molecule has 2 aromatic heterocycles. The molecule has 5 rings (SSSR count). The van der Waals surface area contributed by atoms with Crippen LogP contribution in [-0.2, 0) is 17.0 Å². The number of para-hydroxylation sites is 1. The first kappa shape index (κ1) is 22.8. The zero-order valence-corrected chi connectivity index (χ0v) is 20.0. The highest BCUT2D eigenvalue weighted by atomic mass is 32.2. The molecule has 0 unspecified atom stereocenters. The molecule has 0 aliphatic carbocycles. The molecule has 0 radical (unpaired) electrons. The molecule has 0 saturated carbocycles. The first-order valence-electron chi connectivity index (χ1n) is 11.3. The molecule has 0 saturated heterocycles. The number of carbonyl (C=O) groups excluding carboxylic acids is 2. The lowest BCUT2D eigenvalue weighted by molar-refractivity contribution is 0.0563. The maximum Gasteiger partial charge on any atom is 0.373 e. The van der Waals surface area contributed by atoms with Gasteiger partial charge in [0.15, 0.2) is 0 Å². The largest absolute Gasteiger partial charge is 0.463 e. The van der Waals surface area contributed by atoms with Gasteiger partial charge in [0.25, 0.3) is 5.91 Å². The average molecular weight is 485 g/mol. The Bertz CT molecular complexity index is 1520. The fourth-order valence-electron chi connectivity index (χ4n) is 4.05. The Hall–Kier alpha value is -3.97. The van der Waals surface area contributed by atoms with Gasteiger partial charge in [0.1, 0.15) is 5.76 Å². The van der Waals surface area contributed by atoms with E-state index in [9.17, 15) is 9.59 Å². The summed E-state index contributed by atoms with van der Waals surface area (Å²) in [6.07, 6.45) is 2.10. The van der Waals surface area contributed by atoms with Gasteiger partial charge < -0.3 is 19.0 Å². The Morgan fingerprint density at radius 1 is 0.971 bits per heavy atom. The van der Waals surface area contributed by atoms with Gasteiger partial charge in [-0.3, -0.25) is 4.79 Å². The molecule has 0 bridgehead atoms. The Kier molecular flexibility index (Phi) is 6.59. The molecule has 1 amide bonds. The van der Waals surface area contributed by atoms with Gasteiger partial charge in [0.05, 0.1) is 12.9 Å². The van der Waals surface area contributed by atoms with Crippen molar-refractivity contribution >= 4 is 45.3 Å². The van der Waals surface area contributed by atoms with Gasteiger partial charge in [-0.2, -0.15) is 0 Å². The number of fused-ring (bicyclic) bond motifs is 2. The van der Waals surface area contributed by atoms with Gasteiger partial charge in [-0.05, 0) is 41.1 Å². The molecule has 0 spiro atoms. The van der Waals surface area contributed by atoms with E-state index in [0.29, 0.717) is 30.2 Å². The van der Waals surface area contributed by atoms with Crippen molar-refractivity contribution in [3.05, 3.63) is 102 Å². The molecule has 5 aromatic rings. The molecule has 0 aliphatic rings. The van der Waals surface area contributed by atoms with Crippen molar-refractivity contribution in [3.63, 3.8) is 0 Å². The predicted octanol–water partition coefficient (Wildman–Crippen LogP) is 5.90. The van der Waals surface area contributed by atoms with E-state index in [1.165, 1.54) is 7.11 Å². The van der Waals surface area contributed by atoms with Gasteiger partial charge in [-0.25, -0.2) is 4.79 Å². The van der Waals surface area contributed by atoms with Crippen molar-refractivity contribution in [2.24, 2.45) is 0 Å². The topological polar surface area (TPSA) is 73.5 Å². The van der Waals surface area contributed by atoms with Gasteiger partial charge in [0.2, 0.25) is 5.76 Å². The molecule has 0 aliphatic heterocycles. The third-order valence-electron chi connectivity index (χ3n) is 5.82. The van der Waals surface area contributed by atoms with E-state index in [0.717, 1.165) is 26.6 Å². The van der Waals surface area contributed by atoms with Crippen LogP contribution in [0.25, 0.3) is 21.7 Å². The van der Waals surface area contributed by atoms with E-state index in [1.807, 2.05) is 54.6 Å². The first-order valence-corrected chi connectivity index (χ1v) is 12.3. The minimum absolute atomic E-state index is 0.0824. The number of nitrogens with zero attached hydrogens (tertiary/aromatic N) is 1. The summed E-state index contributed by atoms with van der Waals surface area (Å²) in [7, 11) is 1.33. The maximum atomic E-state index is 12.7. The van der Waals surface area contributed by atoms with Crippen LogP contribution < -0.4 is 5.32 Å². The third kappa shape index (κ3) is 4.95. The third-order valence-corrected chi connectivity index (χ3v) is 6.89. The number of benzene rings is 3. The number of hydrogen-bond donors (Lipinski definition) is 1. The number of aromatic nitrogens is 1. The van der Waals surface area contributed by atoms with Crippen LogP contribution in [0.3, 0.4) is 0 Å². The van der Waals surface area contributed by atoms with E-state index in [1.54, 1.807) is 23.9 Å². The van der Waals surface area contributed by atoms with Gasteiger partial charge in [0, 0.05) is 40.6 Å². The highest BCUT2D eigenvalue weighted by Gasteiger charge is 2.14. The molecular formula is C28H24N2O4S. The van der Waals surface area contributed by atoms with E-state index in [-0.39, 0.29) is 11.7 Å². The first-order chi connectivity index (χ1) is 17.1. The summed E-state index contributed by atoms with van der Waals surface area (Å²) >= 11 is 1.64. The van der Waals surface area contributed by atoms with Crippen LogP contribution in [0, 0.1) is 0 Å². The number of ether oxygens (including phenoxy) is 1. The van der Waals surface area contributed by atoms with Crippen molar-refractivity contribution in [1.29, 1.82) is 0 Å². The monoisotopic (exact) mass is 484 g/mol. The van der Waals surface area contributed by atoms with Crippen molar-refractivity contribution in [2.75, 3.05) is 13.7 Å². The molecule has 35 heavy (non-hydrogen) atoms. The Morgan fingerprint density at radius 2 is 1.77 bits per heavy atom. The summed E-state index contributed by atoms with van der Waals surface area (Å²) in [5, 5.41) is 6.34. The Balaban J connectivity index is 1.25. The summed E-state index contributed by atoms with van der Waals surface area (Å²) in [5.74, 6) is 0.927. The SMILES string of the molecule is COC(=O)c1ccc(CSc2cn(CCNC(=O)c3ccc4ccccc4c3)c3ccccc23)o1. The number of methoxy groups -OCH3 is 1. The number of hydrogen-bond acceptors (Lipinski definition) is 5. The lowest BCUT2D eigenvalue weighted by Crippen LogP contribution is -2.27. The fourth-order valence-corrected chi connectivity index (χ4v) is 5.03. The number of thioether (sulfide) groups is 1. The highest BCUT2D eigenvalue weighted by molar-refractivity contribution is 7.98. The summed E-state index contributed by atoms with van der Waals surface area (Å²) in [6.45, 7) is 1.16. The second-order valence-corrected chi connectivity index (χ2v) is 9.09. The molecule has 0 atom stereocenters. The van der Waals surface area contributed by atoms with Crippen molar-refractivity contribution < 1.29 is 18.7 Å². The summed E-state index contributed by atoms with van der Waals surface area (Å²) in [4.78, 5) is 25.4. The predicted molar refractivity (Wildman–Crippen MR) is 138 cm³/mol. The molecular weight excluding hydrogens is 460 g/mol. The zero-order chi connectivity index (χ0) is 24.2. The van der Waals surface area contributed by atoms with Crippen LogP contribution in [0.4, 0.5) is 0 Å². The van der Waals surface area contributed by atoms with Crippen molar-refractivity contribution in [3.8, 4) is 0 Å². The molecule has 2 heterocycles. The van der Waals surface area contributed by atoms with Crippen molar-refractivity contribution in [1.82, 2.24) is 9.88 Å². The number of esters is 1. The minimum Gasteiger partial charge on any atom is -0.463 e. The Labute approximate surface area is 206 Å². The number of rotatable bonds is 8. The van der Waals surface area contributed by atoms with Crippen molar-refractivity contribution in [2.45, 2.75) is 17.2 Å². The van der Waals surface area contributed by atoms with Crippen LogP contribution >= 0.6 is 11.8 Å². The van der Waals surface area contributed by atoms with E-state index in [4.69, 9.17) is 9.15 Å². The van der Waals surface area contributed by atoms with E-state index < -0.39 is 5.97 Å². The smallest absolute Gasteiger partial charge is 0.373 e. The van der Waals surface area contributed by atoms with E-state index >= 15 is 0 Å².